The molecule has 1 heterocycles. The van der Waals surface area contributed by atoms with Crippen LogP contribution in [0.1, 0.15) is 19.8 Å². The standard InChI is InChI=1S/C9H17NO/c1-3-4-8(2)9-7-10-5-6-11-9/h9-10H,2-7H2,1H3. The lowest BCUT2D eigenvalue weighted by Crippen LogP contribution is -2.39. The third-order valence-corrected chi connectivity index (χ3v) is 1.95. The van der Waals surface area contributed by atoms with Gasteiger partial charge in [-0.05, 0) is 12.0 Å². The number of nitrogens with one attached hydrogen (secondary N) is 1. The van der Waals surface area contributed by atoms with Crippen LogP contribution in [0.5, 0.6) is 0 Å². The monoisotopic (exact) mass is 155 g/mol. The highest BCUT2D eigenvalue weighted by atomic mass is 16.5. The zero-order valence-corrected chi connectivity index (χ0v) is 7.23. The largest absolute Gasteiger partial charge is 0.371 e. The predicted molar refractivity (Wildman–Crippen MR) is 46.7 cm³/mol. The van der Waals surface area contributed by atoms with Gasteiger partial charge in [0.15, 0.2) is 0 Å². The molecule has 0 saturated carbocycles. The lowest BCUT2D eigenvalue weighted by molar-refractivity contribution is 0.0500. The molecular weight excluding hydrogens is 138 g/mol. The van der Waals surface area contributed by atoms with Gasteiger partial charge in [-0.25, -0.2) is 0 Å². The second kappa shape index (κ2) is 4.52. The van der Waals surface area contributed by atoms with Gasteiger partial charge >= 0.3 is 0 Å². The topological polar surface area (TPSA) is 21.3 Å². The van der Waals surface area contributed by atoms with Gasteiger partial charge in [0.05, 0.1) is 12.7 Å². The van der Waals surface area contributed by atoms with Gasteiger partial charge in [-0.15, -0.1) is 0 Å². The van der Waals surface area contributed by atoms with Crippen molar-refractivity contribution in [1.29, 1.82) is 0 Å². The normalized spacial score (nSPS) is 25.0. The molecule has 1 atom stereocenters. The Labute approximate surface area is 68.6 Å². The molecule has 11 heavy (non-hydrogen) atoms. The molecule has 0 aromatic rings. The van der Waals surface area contributed by atoms with Crippen LogP contribution < -0.4 is 5.32 Å². The molecule has 1 N–H and O–H groups in total. The van der Waals surface area contributed by atoms with E-state index in [-0.39, 0.29) is 6.10 Å². The van der Waals surface area contributed by atoms with E-state index in [2.05, 4.69) is 18.8 Å². The minimum atomic E-state index is 0.267. The first kappa shape index (κ1) is 8.75. The van der Waals surface area contributed by atoms with Crippen LogP contribution in [0.4, 0.5) is 0 Å². The maximum absolute atomic E-state index is 5.53. The zero-order chi connectivity index (χ0) is 8.10. The molecule has 64 valence electrons. The second-order valence-corrected chi connectivity index (χ2v) is 2.97. The van der Waals surface area contributed by atoms with Gasteiger partial charge < -0.3 is 10.1 Å². The number of hydrogen-bond donors (Lipinski definition) is 1. The molecule has 0 radical (unpaired) electrons. The van der Waals surface area contributed by atoms with Gasteiger partial charge in [0, 0.05) is 13.1 Å². The van der Waals surface area contributed by atoms with E-state index in [1.165, 1.54) is 12.0 Å². The highest BCUT2D eigenvalue weighted by Gasteiger charge is 2.15. The van der Waals surface area contributed by atoms with E-state index in [0.717, 1.165) is 26.1 Å². The third-order valence-electron chi connectivity index (χ3n) is 1.95. The molecule has 0 aromatic heterocycles. The second-order valence-electron chi connectivity index (χ2n) is 2.97. The third kappa shape index (κ3) is 2.64. The fraction of sp³-hybridized carbons (Fsp3) is 0.778. The molecule has 0 spiro atoms. The lowest BCUT2D eigenvalue weighted by atomic mass is 10.1. The van der Waals surface area contributed by atoms with E-state index >= 15 is 0 Å². The van der Waals surface area contributed by atoms with Gasteiger partial charge in [0.25, 0.3) is 0 Å². The minimum Gasteiger partial charge on any atom is -0.371 e. The summed E-state index contributed by atoms with van der Waals surface area (Å²) in [7, 11) is 0. The van der Waals surface area contributed by atoms with Crippen molar-refractivity contribution < 1.29 is 4.74 Å². The fourth-order valence-corrected chi connectivity index (χ4v) is 1.31. The summed E-state index contributed by atoms with van der Waals surface area (Å²) in [5, 5.41) is 3.29. The van der Waals surface area contributed by atoms with Gasteiger partial charge in [0.2, 0.25) is 0 Å². The Morgan fingerprint density at radius 3 is 3.09 bits per heavy atom. The highest BCUT2D eigenvalue weighted by Crippen LogP contribution is 2.11. The highest BCUT2D eigenvalue weighted by molar-refractivity contribution is 5.03. The summed E-state index contributed by atoms with van der Waals surface area (Å²) in [6, 6.07) is 0. The van der Waals surface area contributed by atoms with E-state index in [0.29, 0.717) is 0 Å². The van der Waals surface area contributed by atoms with Crippen LogP contribution in [0.2, 0.25) is 0 Å². The molecule has 1 saturated heterocycles. The number of rotatable bonds is 3. The number of ether oxygens (including phenoxy) is 1. The molecule has 0 bridgehead atoms. The van der Waals surface area contributed by atoms with Crippen LogP contribution in [0.15, 0.2) is 12.2 Å². The average molecular weight is 155 g/mol. The summed E-state index contributed by atoms with van der Waals surface area (Å²) < 4.78 is 5.53. The Balaban J connectivity index is 2.27. The predicted octanol–water partition coefficient (Wildman–Crippen LogP) is 1.33. The summed E-state index contributed by atoms with van der Waals surface area (Å²) >= 11 is 0. The first-order valence-electron chi connectivity index (χ1n) is 4.34. The first-order valence-corrected chi connectivity index (χ1v) is 4.34. The molecule has 0 aromatic carbocycles. The molecule has 1 aliphatic heterocycles. The van der Waals surface area contributed by atoms with Gasteiger partial charge in [-0.2, -0.15) is 0 Å². The van der Waals surface area contributed by atoms with E-state index in [9.17, 15) is 0 Å². The lowest BCUT2D eigenvalue weighted by Gasteiger charge is -2.25. The Morgan fingerprint density at radius 1 is 1.73 bits per heavy atom. The zero-order valence-electron chi connectivity index (χ0n) is 7.23. The Bertz CT molecular complexity index is 128. The quantitative estimate of drug-likeness (QED) is 0.621. The smallest absolute Gasteiger partial charge is 0.0907 e. The van der Waals surface area contributed by atoms with Gasteiger partial charge in [-0.1, -0.05) is 19.9 Å². The molecule has 2 heteroatoms. The molecule has 0 aliphatic carbocycles. The maximum atomic E-state index is 5.53. The van der Waals surface area contributed by atoms with Crippen molar-refractivity contribution in [2.75, 3.05) is 19.7 Å². The van der Waals surface area contributed by atoms with Crippen LogP contribution >= 0.6 is 0 Å². The summed E-state index contributed by atoms with van der Waals surface area (Å²) in [5.74, 6) is 0. The van der Waals surface area contributed by atoms with E-state index in [1.807, 2.05) is 0 Å². The number of morpholine rings is 1. The van der Waals surface area contributed by atoms with Gasteiger partial charge in [0.1, 0.15) is 0 Å². The molecule has 1 rings (SSSR count). The van der Waals surface area contributed by atoms with Crippen molar-refractivity contribution in [2.24, 2.45) is 0 Å². The molecule has 0 amide bonds. The van der Waals surface area contributed by atoms with E-state index < -0.39 is 0 Å². The first-order chi connectivity index (χ1) is 5.34. The Hall–Kier alpha value is -0.340. The van der Waals surface area contributed by atoms with Crippen LogP contribution in [0, 0.1) is 0 Å². The van der Waals surface area contributed by atoms with E-state index in [1.54, 1.807) is 0 Å². The van der Waals surface area contributed by atoms with Crippen molar-refractivity contribution in [3.63, 3.8) is 0 Å². The van der Waals surface area contributed by atoms with Crippen molar-refractivity contribution in [3.05, 3.63) is 12.2 Å². The van der Waals surface area contributed by atoms with Crippen LogP contribution in [-0.2, 0) is 4.74 Å². The Kier molecular flexibility index (Phi) is 3.60. The van der Waals surface area contributed by atoms with Crippen LogP contribution in [0.3, 0.4) is 0 Å². The van der Waals surface area contributed by atoms with Crippen LogP contribution in [0.25, 0.3) is 0 Å². The van der Waals surface area contributed by atoms with Gasteiger partial charge in [-0.3, -0.25) is 0 Å². The van der Waals surface area contributed by atoms with Crippen molar-refractivity contribution in [2.45, 2.75) is 25.9 Å². The Morgan fingerprint density at radius 2 is 2.55 bits per heavy atom. The summed E-state index contributed by atoms with van der Waals surface area (Å²) in [6.07, 6.45) is 2.52. The molecule has 1 unspecified atom stereocenters. The molecule has 2 nitrogen and oxygen atoms in total. The average Bonchev–Trinajstić information content (AvgIpc) is 2.07. The van der Waals surface area contributed by atoms with Crippen molar-refractivity contribution >= 4 is 0 Å². The maximum Gasteiger partial charge on any atom is 0.0907 e. The molecular formula is C9H17NO. The van der Waals surface area contributed by atoms with E-state index in [4.69, 9.17) is 4.74 Å². The minimum absolute atomic E-state index is 0.267. The van der Waals surface area contributed by atoms with Crippen molar-refractivity contribution in [3.8, 4) is 0 Å². The van der Waals surface area contributed by atoms with Crippen molar-refractivity contribution in [1.82, 2.24) is 5.32 Å². The molecule has 1 aliphatic rings. The number of hydrogen-bond acceptors (Lipinski definition) is 2. The summed E-state index contributed by atoms with van der Waals surface area (Å²) in [6.45, 7) is 8.92. The molecule has 1 fully saturated rings. The SMILES string of the molecule is C=C(CCC)C1CNCCO1. The summed E-state index contributed by atoms with van der Waals surface area (Å²) in [5.41, 5.74) is 1.24. The fourth-order valence-electron chi connectivity index (χ4n) is 1.31. The summed E-state index contributed by atoms with van der Waals surface area (Å²) in [4.78, 5) is 0. The van der Waals surface area contributed by atoms with Crippen LogP contribution in [-0.4, -0.2) is 25.8 Å².